The second kappa shape index (κ2) is 8.57. The fraction of sp³-hybridized carbons (Fsp3) is 0.0556. The van der Waals surface area contributed by atoms with E-state index in [1.165, 1.54) is 0 Å². The summed E-state index contributed by atoms with van der Waals surface area (Å²) in [6, 6.07) is 14.0. The number of halogens is 1. The molecule has 0 bridgehead atoms. The van der Waals surface area contributed by atoms with Crippen LogP contribution in [-0.4, -0.2) is 19.5 Å². The highest BCUT2D eigenvalue weighted by molar-refractivity contribution is 7.13. The summed E-state index contributed by atoms with van der Waals surface area (Å²) in [7, 11) is 0. The predicted octanol–water partition coefficient (Wildman–Crippen LogP) is 4.36. The number of thiophene rings is 1. The van der Waals surface area contributed by atoms with Crippen LogP contribution in [0.3, 0.4) is 0 Å². The van der Waals surface area contributed by atoms with Crippen LogP contribution in [0.5, 0.6) is 0 Å². The van der Waals surface area contributed by atoms with Crippen molar-refractivity contribution in [3.63, 3.8) is 0 Å². The van der Waals surface area contributed by atoms with Crippen LogP contribution in [0, 0.1) is 0 Å². The van der Waals surface area contributed by atoms with Crippen LogP contribution in [0.2, 0.25) is 0 Å². The lowest BCUT2D eigenvalue weighted by Crippen LogP contribution is -2.08. The number of aromatic nitrogens is 4. The molecule has 0 spiro atoms. The first-order chi connectivity index (χ1) is 12.4. The predicted molar refractivity (Wildman–Crippen MR) is 105 cm³/mol. The Morgan fingerprint density at radius 3 is 2.73 bits per heavy atom. The van der Waals surface area contributed by atoms with E-state index in [9.17, 15) is 0 Å². The molecule has 3 heterocycles. The highest BCUT2D eigenvalue weighted by Gasteiger charge is 2.11. The van der Waals surface area contributed by atoms with E-state index in [4.69, 9.17) is 4.84 Å². The van der Waals surface area contributed by atoms with Crippen LogP contribution in [0.15, 0.2) is 72.8 Å². The van der Waals surface area contributed by atoms with Crippen LogP contribution in [0.25, 0.3) is 16.4 Å². The van der Waals surface area contributed by atoms with Gasteiger partial charge in [-0.25, -0.2) is 15.4 Å². The van der Waals surface area contributed by atoms with Gasteiger partial charge in [0.05, 0.1) is 12.2 Å². The third-order valence-corrected chi connectivity index (χ3v) is 4.45. The summed E-state index contributed by atoms with van der Waals surface area (Å²) in [6.07, 6.45) is 6.95. The second-order valence-corrected chi connectivity index (χ2v) is 6.20. The van der Waals surface area contributed by atoms with Crippen molar-refractivity contribution in [2.45, 2.75) is 6.61 Å². The Kier molecular flexibility index (Phi) is 5.96. The van der Waals surface area contributed by atoms with E-state index in [1.54, 1.807) is 40.8 Å². The number of nitrogens with zero attached hydrogens (tertiary/aromatic N) is 4. The lowest BCUT2D eigenvalue weighted by atomic mass is 10.2. The van der Waals surface area contributed by atoms with Crippen LogP contribution in [0.1, 0.15) is 5.56 Å². The van der Waals surface area contributed by atoms with Crippen molar-refractivity contribution in [3.8, 4) is 16.4 Å². The van der Waals surface area contributed by atoms with Crippen molar-refractivity contribution in [2.75, 3.05) is 5.48 Å². The molecule has 1 aromatic carbocycles. The Bertz CT molecular complexity index is 930. The van der Waals surface area contributed by atoms with Crippen molar-refractivity contribution < 1.29 is 4.84 Å². The van der Waals surface area contributed by atoms with Crippen molar-refractivity contribution >= 4 is 29.6 Å². The third-order valence-electron chi connectivity index (χ3n) is 3.55. The molecule has 132 valence electrons. The van der Waals surface area contributed by atoms with Crippen molar-refractivity contribution in [1.29, 1.82) is 0 Å². The number of anilines is 1. The summed E-state index contributed by atoms with van der Waals surface area (Å²) in [6.45, 7) is 0.440. The topological polar surface area (TPSA) is 64.9 Å². The van der Waals surface area contributed by atoms with Crippen LogP contribution in [-0.2, 0) is 11.4 Å². The quantitative estimate of drug-likeness (QED) is 0.500. The molecule has 4 rings (SSSR count). The van der Waals surface area contributed by atoms with Gasteiger partial charge in [-0.15, -0.1) is 23.7 Å². The fourth-order valence-corrected chi connectivity index (χ4v) is 3.06. The third kappa shape index (κ3) is 4.08. The summed E-state index contributed by atoms with van der Waals surface area (Å²) in [4.78, 5) is 19.8. The average molecular weight is 386 g/mol. The number of benzene rings is 1. The highest BCUT2D eigenvalue weighted by atomic mass is 35.5. The van der Waals surface area contributed by atoms with Crippen molar-refractivity contribution in [1.82, 2.24) is 19.5 Å². The van der Waals surface area contributed by atoms with E-state index in [1.807, 2.05) is 47.8 Å². The molecule has 0 aliphatic carbocycles. The molecule has 0 saturated heterocycles. The number of rotatable bonds is 6. The molecular formula is C18H16ClN5OS. The average Bonchev–Trinajstić information content (AvgIpc) is 3.37. The molecule has 4 aromatic rings. The van der Waals surface area contributed by atoms with Gasteiger partial charge < -0.3 is 0 Å². The van der Waals surface area contributed by atoms with Gasteiger partial charge in [-0.2, -0.15) is 4.98 Å². The zero-order valence-corrected chi connectivity index (χ0v) is 15.3. The first-order valence-corrected chi connectivity index (χ1v) is 8.59. The number of nitrogens with one attached hydrogen (secondary N) is 1. The molecule has 3 aromatic heterocycles. The van der Waals surface area contributed by atoms with E-state index in [2.05, 4.69) is 20.4 Å². The van der Waals surface area contributed by atoms with Gasteiger partial charge >= 0.3 is 0 Å². The lowest BCUT2D eigenvalue weighted by Gasteiger charge is -2.11. The molecule has 0 aliphatic rings. The van der Waals surface area contributed by atoms with Gasteiger partial charge in [0, 0.05) is 23.5 Å². The lowest BCUT2D eigenvalue weighted by molar-refractivity contribution is 0.179. The summed E-state index contributed by atoms with van der Waals surface area (Å²) in [5.41, 5.74) is 4.95. The molecule has 0 amide bonds. The molecule has 8 heteroatoms. The maximum atomic E-state index is 5.66. The molecule has 0 aliphatic heterocycles. The first-order valence-electron chi connectivity index (χ1n) is 7.71. The summed E-state index contributed by atoms with van der Waals surface area (Å²) >= 11 is 1.63. The van der Waals surface area contributed by atoms with E-state index in [0.29, 0.717) is 18.4 Å². The SMILES string of the molecule is Cl.c1ccc(CONc2nc(-n3ccnc3)ncc2-c2cccs2)cc1. The first kappa shape index (κ1) is 18.1. The molecule has 6 nitrogen and oxygen atoms in total. The zero-order chi connectivity index (χ0) is 16.9. The minimum atomic E-state index is 0. The minimum absolute atomic E-state index is 0. The Labute approximate surface area is 160 Å². The normalized spacial score (nSPS) is 10.3. The van der Waals surface area contributed by atoms with Gasteiger partial charge in [-0.3, -0.25) is 9.40 Å². The second-order valence-electron chi connectivity index (χ2n) is 5.26. The smallest absolute Gasteiger partial charge is 0.236 e. The van der Waals surface area contributed by atoms with Gasteiger partial charge in [-0.05, 0) is 17.0 Å². The molecule has 0 atom stereocenters. The minimum Gasteiger partial charge on any atom is -0.274 e. The maximum absolute atomic E-state index is 5.66. The molecular weight excluding hydrogens is 370 g/mol. The monoisotopic (exact) mass is 385 g/mol. The van der Waals surface area contributed by atoms with E-state index in [0.717, 1.165) is 16.0 Å². The van der Waals surface area contributed by atoms with Crippen molar-refractivity contribution in [3.05, 3.63) is 78.3 Å². The molecule has 0 fully saturated rings. The summed E-state index contributed by atoms with van der Waals surface area (Å²) in [5.74, 6) is 1.15. The largest absolute Gasteiger partial charge is 0.274 e. The van der Waals surface area contributed by atoms with E-state index in [-0.39, 0.29) is 12.4 Å². The van der Waals surface area contributed by atoms with Gasteiger partial charge in [0.1, 0.15) is 6.33 Å². The maximum Gasteiger partial charge on any atom is 0.236 e. The highest BCUT2D eigenvalue weighted by Crippen LogP contribution is 2.30. The Morgan fingerprint density at radius 2 is 2.00 bits per heavy atom. The summed E-state index contributed by atoms with van der Waals surface area (Å²) < 4.78 is 1.75. The van der Waals surface area contributed by atoms with Gasteiger partial charge in [0.2, 0.25) is 5.95 Å². The Balaban J connectivity index is 0.00000196. The standard InChI is InChI=1S/C18H15N5OS.ClH/c1-2-5-14(6-3-1)12-24-22-17-15(16-7-4-10-25-16)11-20-18(21-17)23-9-8-19-13-23;/h1-11,13H,12H2,(H,20,21,22);1H. The number of imidazole rings is 1. The molecule has 0 unspecified atom stereocenters. The Morgan fingerprint density at radius 1 is 1.12 bits per heavy atom. The van der Waals surface area contributed by atoms with Gasteiger partial charge in [0.25, 0.3) is 0 Å². The fourth-order valence-electron chi connectivity index (χ4n) is 2.33. The molecule has 1 N–H and O–H groups in total. The summed E-state index contributed by atoms with van der Waals surface area (Å²) in [5, 5.41) is 2.02. The zero-order valence-electron chi connectivity index (χ0n) is 13.6. The van der Waals surface area contributed by atoms with Crippen molar-refractivity contribution in [2.24, 2.45) is 0 Å². The van der Waals surface area contributed by atoms with Gasteiger partial charge in [-0.1, -0.05) is 36.4 Å². The van der Waals surface area contributed by atoms with E-state index < -0.39 is 0 Å². The van der Waals surface area contributed by atoms with Crippen LogP contribution < -0.4 is 5.48 Å². The number of hydrogen-bond acceptors (Lipinski definition) is 6. The molecule has 0 radical (unpaired) electrons. The number of hydrogen-bond donors (Lipinski definition) is 1. The Hall–Kier alpha value is -2.74. The van der Waals surface area contributed by atoms with Gasteiger partial charge in [0.15, 0.2) is 5.82 Å². The van der Waals surface area contributed by atoms with E-state index >= 15 is 0 Å². The van der Waals surface area contributed by atoms with Crippen LogP contribution >= 0.6 is 23.7 Å². The molecule has 26 heavy (non-hydrogen) atoms. The van der Waals surface area contributed by atoms with Crippen LogP contribution in [0.4, 0.5) is 5.82 Å². The molecule has 0 saturated carbocycles.